The first-order valence-electron chi connectivity index (χ1n) is 10.7. The van der Waals surface area contributed by atoms with E-state index >= 15 is 0 Å². The number of nitrogens with two attached hydrogens (primary N) is 2. The maximum absolute atomic E-state index is 13.2. The zero-order valence-electron chi connectivity index (χ0n) is 18.4. The highest BCUT2D eigenvalue weighted by atomic mass is 16.4. The molecule has 0 unspecified atom stereocenters. The molecular formula is C24H27N5O5. The van der Waals surface area contributed by atoms with Gasteiger partial charge in [0.1, 0.15) is 12.1 Å². The molecule has 0 bridgehead atoms. The standard InChI is InChI=1S/C24H27N5O5/c25-17(12-21(30)31)23(33)29-20(11-15-13-27-18-9-5-4-8-16(15)18)24(34)28-19(22(26)32)10-14-6-2-1-3-7-14/h1-9,13,17,19-20,27H,10-12,25H2,(H2,26,32)(H,28,34)(H,29,33)(H,30,31)/t17-,19-,20+/m0/s1. The number of aromatic nitrogens is 1. The maximum atomic E-state index is 13.2. The number of carboxylic acids is 1. The summed E-state index contributed by atoms with van der Waals surface area (Å²) >= 11 is 0. The van der Waals surface area contributed by atoms with E-state index in [4.69, 9.17) is 16.6 Å². The molecule has 1 heterocycles. The highest BCUT2D eigenvalue weighted by Gasteiger charge is 2.29. The van der Waals surface area contributed by atoms with Crippen molar-refractivity contribution in [2.75, 3.05) is 0 Å². The molecule has 2 aromatic carbocycles. The molecule has 1 aromatic heterocycles. The SMILES string of the molecule is NC(=O)[C@H](Cc1ccccc1)NC(=O)[C@@H](Cc1c[nH]c2ccccc12)NC(=O)[C@@H](N)CC(=O)O. The lowest BCUT2D eigenvalue weighted by molar-refractivity contribution is -0.139. The van der Waals surface area contributed by atoms with Crippen molar-refractivity contribution in [3.05, 3.63) is 71.9 Å². The van der Waals surface area contributed by atoms with E-state index < -0.39 is 48.2 Å². The topological polar surface area (TPSA) is 180 Å². The van der Waals surface area contributed by atoms with Crippen molar-refractivity contribution in [1.29, 1.82) is 0 Å². The molecule has 3 rings (SSSR count). The van der Waals surface area contributed by atoms with Crippen LogP contribution in [0.2, 0.25) is 0 Å². The average Bonchev–Trinajstić information content (AvgIpc) is 3.21. The van der Waals surface area contributed by atoms with Crippen LogP contribution in [0.5, 0.6) is 0 Å². The van der Waals surface area contributed by atoms with Crippen LogP contribution in [0.15, 0.2) is 60.8 Å². The van der Waals surface area contributed by atoms with Gasteiger partial charge < -0.3 is 32.2 Å². The number of carbonyl (C=O) groups is 4. The first-order valence-corrected chi connectivity index (χ1v) is 10.7. The molecule has 0 aliphatic rings. The third-order valence-electron chi connectivity index (χ3n) is 5.41. The summed E-state index contributed by atoms with van der Waals surface area (Å²) in [5.41, 5.74) is 13.6. The quantitative estimate of drug-likeness (QED) is 0.235. The molecule has 0 fully saturated rings. The monoisotopic (exact) mass is 465 g/mol. The lowest BCUT2D eigenvalue weighted by Gasteiger charge is -2.23. The predicted octanol–water partition coefficient (Wildman–Crippen LogP) is 0.210. The highest BCUT2D eigenvalue weighted by molar-refractivity contribution is 5.94. The summed E-state index contributed by atoms with van der Waals surface area (Å²) in [6.07, 6.45) is 1.39. The number of benzene rings is 2. The number of carbonyl (C=O) groups excluding carboxylic acids is 3. The van der Waals surface area contributed by atoms with E-state index in [2.05, 4.69) is 15.6 Å². The van der Waals surface area contributed by atoms with E-state index in [1.807, 2.05) is 30.3 Å². The van der Waals surface area contributed by atoms with Crippen LogP contribution in [0, 0.1) is 0 Å². The zero-order chi connectivity index (χ0) is 24.7. The van der Waals surface area contributed by atoms with Gasteiger partial charge >= 0.3 is 5.97 Å². The normalized spacial score (nSPS) is 13.6. The molecule has 0 aliphatic heterocycles. The molecule has 0 radical (unpaired) electrons. The minimum atomic E-state index is -1.34. The van der Waals surface area contributed by atoms with Crippen LogP contribution in [-0.4, -0.2) is 51.9 Å². The highest BCUT2D eigenvalue weighted by Crippen LogP contribution is 2.19. The summed E-state index contributed by atoms with van der Waals surface area (Å²) in [6.45, 7) is 0. The van der Waals surface area contributed by atoms with Crippen molar-refractivity contribution in [3.8, 4) is 0 Å². The Labute approximate surface area is 195 Å². The van der Waals surface area contributed by atoms with Crippen LogP contribution in [0.25, 0.3) is 10.9 Å². The fourth-order valence-electron chi connectivity index (χ4n) is 3.63. The van der Waals surface area contributed by atoms with Crippen molar-refractivity contribution in [3.63, 3.8) is 0 Å². The predicted molar refractivity (Wildman–Crippen MR) is 125 cm³/mol. The largest absolute Gasteiger partial charge is 0.481 e. The average molecular weight is 466 g/mol. The number of hydrogen-bond acceptors (Lipinski definition) is 5. The summed E-state index contributed by atoms with van der Waals surface area (Å²) < 4.78 is 0. The van der Waals surface area contributed by atoms with Crippen LogP contribution in [0.1, 0.15) is 17.5 Å². The van der Waals surface area contributed by atoms with Crippen LogP contribution in [0.4, 0.5) is 0 Å². The Hall–Kier alpha value is -4.18. The van der Waals surface area contributed by atoms with Gasteiger partial charge in [-0.1, -0.05) is 48.5 Å². The van der Waals surface area contributed by atoms with Crippen molar-refractivity contribution < 1.29 is 24.3 Å². The number of aromatic amines is 1. The van der Waals surface area contributed by atoms with Gasteiger partial charge in [0.15, 0.2) is 0 Å². The van der Waals surface area contributed by atoms with Gasteiger partial charge in [-0.15, -0.1) is 0 Å². The van der Waals surface area contributed by atoms with E-state index in [0.29, 0.717) is 0 Å². The molecule has 10 nitrogen and oxygen atoms in total. The van der Waals surface area contributed by atoms with E-state index in [-0.39, 0.29) is 12.8 Å². The minimum Gasteiger partial charge on any atom is -0.481 e. The fourth-order valence-corrected chi connectivity index (χ4v) is 3.63. The molecule has 0 spiro atoms. The van der Waals surface area contributed by atoms with E-state index in [9.17, 15) is 19.2 Å². The van der Waals surface area contributed by atoms with Crippen molar-refractivity contribution >= 4 is 34.6 Å². The summed E-state index contributed by atoms with van der Waals surface area (Å²) in [4.78, 5) is 51.8. The van der Waals surface area contributed by atoms with Crippen molar-refractivity contribution in [2.45, 2.75) is 37.4 Å². The van der Waals surface area contributed by atoms with Gasteiger partial charge in [0.2, 0.25) is 17.7 Å². The number of rotatable bonds is 11. The Morgan fingerprint density at radius 3 is 2.21 bits per heavy atom. The molecule has 3 amide bonds. The second-order valence-corrected chi connectivity index (χ2v) is 7.98. The van der Waals surface area contributed by atoms with Crippen LogP contribution < -0.4 is 22.1 Å². The molecule has 8 N–H and O–H groups in total. The molecule has 178 valence electrons. The lowest BCUT2D eigenvalue weighted by atomic mass is 10.0. The van der Waals surface area contributed by atoms with E-state index in [0.717, 1.165) is 22.0 Å². The van der Waals surface area contributed by atoms with Gasteiger partial charge in [-0.2, -0.15) is 0 Å². The fraction of sp³-hybridized carbons (Fsp3) is 0.250. The molecular weight excluding hydrogens is 438 g/mol. The first kappa shape index (κ1) is 24.5. The van der Waals surface area contributed by atoms with E-state index in [1.165, 1.54) is 0 Å². The number of para-hydroxylation sites is 1. The molecule has 3 atom stereocenters. The Morgan fingerprint density at radius 2 is 1.53 bits per heavy atom. The van der Waals surface area contributed by atoms with Gasteiger partial charge in [-0.3, -0.25) is 19.2 Å². The Balaban J connectivity index is 1.81. The van der Waals surface area contributed by atoms with Crippen molar-refractivity contribution in [2.24, 2.45) is 11.5 Å². The summed E-state index contributed by atoms with van der Waals surface area (Å²) in [7, 11) is 0. The Kier molecular flexibility index (Phi) is 7.99. The second kappa shape index (κ2) is 11.1. The zero-order valence-corrected chi connectivity index (χ0v) is 18.4. The number of fused-ring (bicyclic) bond motifs is 1. The smallest absolute Gasteiger partial charge is 0.305 e. The number of hydrogen-bond donors (Lipinski definition) is 6. The van der Waals surface area contributed by atoms with E-state index in [1.54, 1.807) is 30.5 Å². The molecule has 0 saturated heterocycles. The van der Waals surface area contributed by atoms with Crippen molar-refractivity contribution in [1.82, 2.24) is 15.6 Å². The number of carboxylic acid groups (broad SMARTS) is 1. The van der Waals surface area contributed by atoms with Gasteiger partial charge in [-0.25, -0.2) is 0 Å². The maximum Gasteiger partial charge on any atom is 0.305 e. The Morgan fingerprint density at radius 1 is 0.882 bits per heavy atom. The van der Waals surface area contributed by atoms with Gasteiger partial charge in [0.05, 0.1) is 12.5 Å². The summed E-state index contributed by atoms with van der Waals surface area (Å²) in [5.74, 6) is -3.39. The Bertz CT molecular complexity index is 1180. The number of primary amides is 1. The van der Waals surface area contributed by atoms with Crippen LogP contribution in [0.3, 0.4) is 0 Å². The van der Waals surface area contributed by atoms with Gasteiger partial charge in [-0.05, 0) is 17.2 Å². The summed E-state index contributed by atoms with van der Waals surface area (Å²) in [5, 5.41) is 14.9. The van der Waals surface area contributed by atoms with Crippen LogP contribution in [-0.2, 0) is 32.0 Å². The molecule has 0 aliphatic carbocycles. The third-order valence-corrected chi connectivity index (χ3v) is 5.41. The van der Waals surface area contributed by atoms with Crippen LogP contribution >= 0.6 is 0 Å². The molecule has 10 heteroatoms. The number of amides is 3. The number of H-pyrrole nitrogens is 1. The van der Waals surface area contributed by atoms with Gasteiger partial charge in [0, 0.05) is 29.9 Å². The minimum absolute atomic E-state index is 0.0815. The first-order chi connectivity index (χ1) is 16.2. The summed E-state index contributed by atoms with van der Waals surface area (Å²) in [6, 6.07) is 13.0. The third kappa shape index (κ3) is 6.42. The molecule has 0 saturated carbocycles. The molecule has 3 aromatic rings. The number of aliphatic carboxylic acids is 1. The lowest BCUT2D eigenvalue weighted by Crippen LogP contribution is -2.56. The second-order valence-electron chi connectivity index (χ2n) is 7.98. The molecule has 34 heavy (non-hydrogen) atoms. The number of nitrogens with one attached hydrogen (secondary N) is 3. The van der Waals surface area contributed by atoms with Gasteiger partial charge in [0.25, 0.3) is 0 Å².